The molecule has 21 heavy (non-hydrogen) atoms. The van der Waals surface area contributed by atoms with Gasteiger partial charge in [0.15, 0.2) is 0 Å². The molecule has 1 unspecified atom stereocenters. The maximum absolute atomic E-state index is 12.9. The van der Waals surface area contributed by atoms with Crippen LogP contribution in [0.5, 0.6) is 0 Å². The van der Waals surface area contributed by atoms with Gasteiger partial charge in [0.1, 0.15) is 11.7 Å². The Balaban J connectivity index is 2.13. The molecule has 0 fully saturated rings. The third-order valence-corrected chi connectivity index (χ3v) is 3.28. The lowest BCUT2D eigenvalue weighted by Gasteiger charge is -2.20. The summed E-state index contributed by atoms with van der Waals surface area (Å²) in [6.07, 6.45) is 0.363. The molecule has 0 heterocycles. The number of amides is 1. The van der Waals surface area contributed by atoms with Crippen molar-refractivity contribution < 1.29 is 9.18 Å². The van der Waals surface area contributed by atoms with Gasteiger partial charge in [-0.3, -0.25) is 4.79 Å². The van der Waals surface area contributed by atoms with Crippen LogP contribution in [0, 0.1) is 23.1 Å². The number of halogens is 1. The van der Waals surface area contributed by atoms with E-state index >= 15 is 0 Å². The molecule has 2 rings (SSSR count). The zero-order valence-electron chi connectivity index (χ0n) is 11.7. The molecule has 1 atom stereocenters. The molecule has 0 aliphatic carbocycles. The van der Waals surface area contributed by atoms with Crippen molar-refractivity contribution in [3.63, 3.8) is 0 Å². The van der Waals surface area contributed by atoms with Gasteiger partial charge in [0.05, 0.1) is 6.07 Å². The van der Waals surface area contributed by atoms with Crippen molar-refractivity contribution in [2.24, 2.45) is 5.92 Å². The summed E-state index contributed by atoms with van der Waals surface area (Å²) in [5.74, 6) is -1.42. The monoisotopic (exact) mass is 282 g/mol. The van der Waals surface area contributed by atoms with Crippen LogP contribution in [0.15, 0.2) is 54.6 Å². The van der Waals surface area contributed by atoms with Gasteiger partial charge >= 0.3 is 0 Å². The Kier molecular flexibility index (Phi) is 4.68. The maximum Gasteiger partial charge on any atom is 0.244 e. The summed E-state index contributed by atoms with van der Waals surface area (Å²) in [6, 6.07) is 17.1. The summed E-state index contributed by atoms with van der Waals surface area (Å²) in [4.78, 5) is 13.8. The average molecular weight is 282 g/mol. The van der Waals surface area contributed by atoms with Crippen molar-refractivity contribution in [2.45, 2.75) is 6.42 Å². The SMILES string of the molecule is CN(C(=O)C(C#N)Cc1ccccc1)c1ccc(F)cc1. The number of carbonyl (C=O) groups is 1. The molecule has 4 heteroatoms. The molecule has 1 amide bonds. The highest BCUT2D eigenvalue weighted by Gasteiger charge is 2.23. The van der Waals surface area contributed by atoms with Crippen molar-refractivity contribution >= 4 is 11.6 Å². The van der Waals surface area contributed by atoms with E-state index in [1.54, 1.807) is 7.05 Å². The quantitative estimate of drug-likeness (QED) is 0.864. The summed E-state index contributed by atoms with van der Waals surface area (Å²) in [5.41, 5.74) is 1.50. The van der Waals surface area contributed by atoms with Gasteiger partial charge in [-0.05, 0) is 36.2 Å². The molecule has 3 nitrogen and oxygen atoms in total. The fraction of sp³-hybridized carbons (Fsp3) is 0.176. The van der Waals surface area contributed by atoms with Crippen LogP contribution in [-0.4, -0.2) is 13.0 Å². The van der Waals surface area contributed by atoms with Gasteiger partial charge in [-0.15, -0.1) is 0 Å². The van der Waals surface area contributed by atoms with E-state index in [2.05, 4.69) is 0 Å². The standard InChI is InChI=1S/C17H15FN2O/c1-20(16-9-7-15(18)8-10-16)17(21)14(12-19)11-13-5-3-2-4-6-13/h2-10,14H,11H2,1H3. The molecular formula is C17H15FN2O. The molecule has 0 bridgehead atoms. The summed E-state index contributed by atoms with van der Waals surface area (Å²) in [5, 5.41) is 9.24. The number of rotatable bonds is 4. The number of carbonyl (C=O) groups excluding carboxylic acids is 1. The van der Waals surface area contributed by atoms with E-state index in [-0.39, 0.29) is 11.7 Å². The van der Waals surface area contributed by atoms with E-state index in [0.717, 1.165) is 5.56 Å². The van der Waals surface area contributed by atoms with Crippen LogP contribution < -0.4 is 4.90 Å². The Hall–Kier alpha value is -2.67. The summed E-state index contributed by atoms with van der Waals surface area (Å²) in [6.45, 7) is 0. The van der Waals surface area contributed by atoms with Crippen molar-refractivity contribution in [1.82, 2.24) is 0 Å². The molecule has 106 valence electrons. The molecule has 0 saturated heterocycles. The largest absolute Gasteiger partial charge is 0.314 e. The van der Waals surface area contributed by atoms with Gasteiger partial charge in [-0.1, -0.05) is 30.3 Å². The van der Waals surface area contributed by atoms with E-state index in [9.17, 15) is 14.4 Å². The van der Waals surface area contributed by atoms with Gasteiger partial charge in [0.25, 0.3) is 0 Å². The second kappa shape index (κ2) is 6.67. The molecule has 0 radical (unpaired) electrons. The molecule has 2 aromatic rings. The predicted molar refractivity (Wildman–Crippen MR) is 79.1 cm³/mol. The van der Waals surface area contributed by atoms with Gasteiger partial charge in [0.2, 0.25) is 5.91 Å². The summed E-state index contributed by atoms with van der Waals surface area (Å²) >= 11 is 0. The lowest BCUT2D eigenvalue weighted by atomic mass is 9.99. The Labute approximate surface area is 123 Å². The van der Waals surface area contributed by atoms with Crippen LogP contribution in [0.1, 0.15) is 5.56 Å². The predicted octanol–water partition coefficient (Wildman–Crippen LogP) is 3.17. The first kappa shape index (κ1) is 14.7. The Morgan fingerprint density at radius 3 is 2.38 bits per heavy atom. The Bertz CT molecular complexity index is 647. The average Bonchev–Trinajstić information content (AvgIpc) is 2.53. The highest BCUT2D eigenvalue weighted by Crippen LogP contribution is 2.17. The lowest BCUT2D eigenvalue weighted by Crippen LogP contribution is -2.33. The molecule has 0 aliphatic heterocycles. The molecule has 2 aromatic carbocycles. The molecule has 0 aromatic heterocycles. The fourth-order valence-electron chi connectivity index (χ4n) is 2.06. The van der Waals surface area contributed by atoms with Crippen LogP contribution in [0.25, 0.3) is 0 Å². The smallest absolute Gasteiger partial charge is 0.244 e. The van der Waals surface area contributed by atoms with Crippen LogP contribution in [0.4, 0.5) is 10.1 Å². The first-order chi connectivity index (χ1) is 10.1. The first-order valence-electron chi connectivity index (χ1n) is 6.58. The Morgan fingerprint density at radius 1 is 1.19 bits per heavy atom. The van der Waals surface area contributed by atoms with Crippen molar-refractivity contribution in [2.75, 3.05) is 11.9 Å². The number of nitriles is 1. The number of benzene rings is 2. The number of hydrogen-bond donors (Lipinski definition) is 0. The van der Waals surface area contributed by atoms with Crippen LogP contribution in [0.2, 0.25) is 0 Å². The Morgan fingerprint density at radius 2 is 1.81 bits per heavy atom. The van der Waals surface area contributed by atoms with E-state index < -0.39 is 5.92 Å². The minimum absolute atomic E-state index is 0.298. The minimum atomic E-state index is -0.762. The van der Waals surface area contributed by atoms with E-state index in [4.69, 9.17) is 0 Å². The van der Waals surface area contributed by atoms with Gasteiger partial charge in [-0.2, -0.15) is 5.26 Å². The first-order valence-corrected chi connectivity index (χ1v) is 6.58. The molecular weight excluding hydrogens is 267 g/mol. The zero-order chi connectivity index (χ0) is 15.2. The third-order valence-electron chi connectivity index (χ3n) is 3.28. The molecule has 0 N–H and O–H groups in total. The fourth-order valence-corrected chi connectivity index (χ4v) is 2.06. The zero-order valence-corrected chi connectivity index (χ0v) is 11.7. The normalized spacial score (nSPS) is 11.5. The van der Waals surface area contributed by atoms with Crippen LogP contribution in [-0.2, 0) is 11.2 Å². The van der Waals surface area contributed by atoms with Gasteiger partial charge in [-0.25, -0.2) is 4.39 Å². The van der Waals surface area contributed by atoms with Crippen LogP contribution in [0.3, 0.4) is 0 Å². The molecule has 0 aliphatic rings. The van der Waals surface area contributed by atoms with Gasteiger partial charge in [0, 0.05) is 12.7 Å². The lowest BCUT2D eigenvalue weighted by molar-refractivity contribution is -0.120. The number of hydrogen-bond acceptors (Lipinski definition) is 2. The molecule has 0 saturated carbocycles. The second-order valence-corrected chi connectivity index (χ2v) is 4.75. The topological polar surface area (TPSA) is 44.1 Å². The molecule has 0 spiro atoms. The van der Waals surface area contributed by atoms with Gasteiger partial charge < -0.3 is 4.90 Å². The highest BCUT2D eigenvalue weighted by atomic mass is 19.1. The van der Waals surface area contributed by atoms with E-state index in [1.165, 1.54) is 29.2 Å². The summed E-state index contributed by atoms with van der Waals surface area (Å²) < 4.78 is 12.9. The van der Waals surface area contributed by atoms with Crippen LogP contribution >= 0.6 is 0 Å². The highest BCUT2D eigenvalue weighted by molar-refractivity contribution is 5.96. The number of nitrogens with zero attached hydrogens (tertiary/aromatic N) is 2. The number of anilines is 1. The summed E-state index contributed by atoms with van der Waals surface area (Å²) in [7, 11) is 1.59. The maximum atomic E-state index is 12.9. The third kappa shape index (κ3) is 3.67. The van der Waals surface area contributed by atoms with Crippen molar-refractivity contribution in [1.29, 1.82) is 5.26 Å². The minimum Gasteiger partial charge on any atom is -0.314 e. The van der Waals surface area contributed by atoms with Crippen molar-refractivity contribution in [3.8, 4) is 6.07 Å². The second-order valence-electron chi connectivity index (χ2n) is 4.75. The van der Waals surface area contributed by atoms with E-state index in [1.807, 2.05) is 36.4 Å². The van der Waals surface area contributed by atoms with E-state index in [0.29, 0.717) is 12.1 Å². The van der Waals surface area contributed by atoms with Crippen molar-refractivity contribution in [3.05, 3.63) is 66.0 Å².